The first kappa shape index (κ1) is 29.4. The molecule has 0 aromatic heterocycles. The van der Waals surface area contributed by atoms with Crippen molar-refractivity contribution in [3.8, 4) is 0 Å². The van der Waals surface area contributed by atoms with E-state index < -0.39 is 11.9 Å². The van der Waals surface area contributed by atoms with Crippen molar-refractivity contribution < 1.29 is 9.59 Å². The zero-order valence-corrected chi connectivity index (χ0v) is 22.5. The van der Waals surface area contributed by atoms with Crippen LogP contribution in [0, 0.1) is 0 Å². The topological polar surface area (TPSA) is 89.1 Å². The molecular formula is C28H36N6O2S. The van der Waals surface area contributed by atoms with E-state index in [0.29, 0.717) is 24.6 Å². The van der Waals surface area contributed by atoms with Crippen molar-refractivity contribution in [1.29, 1.82) is 0 Å². The van der Waals surface area contributed by atoms with Gasteiger partial charge in [0, 0.05) is 51.7 Å². The van der Waals surface area contributed by atoms with Gasteiger partial charge in [0.05, 0.1) is 5.57 Å². The molecule has 0 spiro atoms. The maximum atomic E-state index is 13.1. The van der Waals surface area contributed by atoms with Crippen LogP contribution in [0.2, 0.25) is 0 Å². The van der Waals surface area contributed by atoms with Crippen LogP contribution in [0.3, 0.4) is 0 Å². The number of nitrogens with zero attached hydrogens (tertiary/aromatic N) is 3. The monoisotopic (exact) mass is 520 g/mol. The molecule has 3 N–H and O–H groups in total. The van der Waals surface area contributed by atoms with E-state index in [-0.39, 0.29) is 11.5 Å². The molecule has 1 unspecified atom stereocenters. The van der Waals surface area contributed by atoms with Crippen LogP contribution in [0.15, 0.2) is 90.1 Å². The smallest absolute Gasteiger partial charge is 0.253 e. The molecule has 1 atom stereocenters. The summed E-state index contributed by atoms with van der Waals surface area (Å²) < 4.78 is 0. The van der Waals surface area contributed by atoms with Gasteiger partial charge in [-0.05, 0) is 36.3 Å². The quantitative estimate of drug-likeness (QED) is 0.123. The highest BCUT2D eigenvalue weighted by Gasteiger charge is 2.22. The molecule has 2 aromatic carbocycles. The van der Waals surface area contributed by atoms with Gasteiger partial charge in [-0.15, -0.1) is 0 Å². The van der Waals surface area contributed by atoms with Gasteiger partial charge >= 0.3 is 0 Å². The Labute approximate surface area is 225 Å². The third kappa shape index (κ3) is 10.4. The fraction of sp³-hybridized carbons (Fsp3) is 0.286. The Morgan fingerprint density at radius 2 is 1.73 bits per heavy atom. The van der Waals surface area contributed by atoms with Gasteiger partial charge in [-0.3, -0.25) is 19.6 Å². The number of nitrogens with one attached hydrogen (secondary N) is 3. The molecule has 0 aliphatic carbocycles. The molecule has 0 heterocycles. The van der Waals surface area contributed by atoms with Gasteiger partial charge in [0.25, 0.3) is 5.91 Å². The minimum atomic E-state index is -0.766. The number of thiocarbonyl (C=S) groups is 1. The van der Waals surface area contributed by atoms with Gasteiger partial charge in [-0.2, -0.15) is 0 Å². The fourth-order valence-corrected chi connectivity index (χ4v) is 3.50. The lowest BCUT2D eigenvalue weighted by molar-refractivity contribution is -0.127. The Morgan fingerprint density at radius 1 is 1.08 bits per heavy atom. The van der Waals surface area contributed by atoms with E-state index in [0.717, 1.165) is 17.7 Å². The maximum absolute atomic E-state index is 13.1. The number of para-hydroxylation sites is 1. The summed E-state index contributed by atoms with van der Waals surface area (Å²) in [5.41, 5.74) is 2.12. The van der Waals surface area contributed by atoms with E-state index in [2.05, 4.69) is 27.5 Å². The minimum absolute atomic E-state index is 0.279. The normalized spacial score (nSPS) is 12.2. The summed E-state index contributed by atoms with van der Waals surface area (Å²) in [6.07, 6.45) is 5.66. The molecule has 0 aliphatic heterocycles. The van der Waals surface area contributed by atoms with Crippen molar-refractivity contribution in [2.75, 3.05) is 32.5 Å². The number of rotatable bonds is 13. The lowest BCUT2D eigenvalue weighted by Gasteiger charge is -2.31. The highest BCUT2D eigenvalue weighted by atomic mass is 32.1. The summed E-state index contributed by atoms with van der Waals surface area (Å²) in [6, 6.07) is 18.5. The Hall–Kier alpha value is -3.82. The maximum Gasteiger partial charge on any atom is 0.253 e. The first-order chi connectivity index (χ1) is 17.8. The minimum Gasteiger partial charge on any atom is -0.353 e. The Kier molecular flexibility index (Phi) is 12.7. The molecule has 0 fully saturated rings. The summed E-state index contributed by atoms with van der Waals surface area (Å²) in [7, 11) is 3.73. The molecule has 2 rings (SSSR count). The van der Waals surface area contributed by atoms with Gasteiger partial charge in [-0.25, -0.2) is 5.01 Å². The number of hydrogen-bond acceptors (Lipinski definition) is 5. The van der Waals surface area contributed by atoms with E-state index in [1.807, 2.05) is 86.7 Å². The molecule has 9 heteroatoms. The number of carbonyl (C=O) groups excluding carboxylic acids is 2. The SMILES string of the molecule is C=C/C(=C\N=CCC)C(=O)NC(Cc1ccccc1)C(=O)NCCN(C)N(C)C(=S)Nc1ccccc1. The summed E-state index contributed by atoms with van der Waals surface area (Å²) in [4.78, 5) is 30.0. The van der Waals surface area contributed by atoms with Crippen LogP contribution < -0.4 is 16.0 Å². The highest BCUT2D eigenvalue weighted by Crippen LogP contribution is 2.08. The lowest BCUT2D eigenvalue weighted by Crippen LogP contribution is -2.51. The summed E-state index contributed by atoms with van der Waals surface area (Å²) in [5, 5.41) is 13.2. The van der Waals surface area contributed by atoms with E-state index in [1.54, 1.807) is 11.2 Å². The van der Waals surface area contributed by atoms with Crippen LogP contribution in [0.1, 0.15) is 18.9 Å². The second kappa shape index (κ2) is 16.0. The number of amides is 2. The van der Waals surface area contributed by atoms with Crippen molar-refractivity contribution in [2.24, 2.45) is 4.99 Å². The van der Waals surface area contributed by atoms with E-state index in [9.17, 15) is 9.59 Å². The molecule has 0 aliphatic rings. The molecule has 0 bridgehead atoms. The predicted octanol–water partition coefficient (Wildman–Crippen LogP) is 3.56. The Bertz CT molecular complexity index is 1090. The van der Waals surface area contributed by atoms with Crippen molar-refractivity contribution in [3.63, 3.8) is 0 Å². The molecule has 8 nitrogen and oxygen atoms in total. The molecule has 0 saturated carbocycles. The van der Waals surface area contributed by atoms with Crippen LogP contribution in [-0.4, -0.2) is 66.4 Å². The molecule has 0 saturated heterocycles. The van der Waals surface area contributed by atoms with Gasteiger partial charge in [0.15, 0.2) is 5.11 Å². The van der Waals surface area contributed by atoms with Crippen molar-refractivity contribution >= 4 is 41.0 Å². The molecular weight excluding hydrogens is 484 g/mol. The largest absolute Gasteiger partial charge is 0.353 e. The molecule has 2 amide bonds. The van der Waals surface area contributed by atoms with Crippen LogP contribution in [-0.2, 0) is 16.0 Å². The number of aliphatic imine (C=N–C) groups is 1. The lowest BCUT2D eigenvalue weighted by atomic mass is 10.0. The number of likely N-dealkylation sites (N-methyl/N-ethyl adjacent to an activating group) is 1. The van der Waals surface area contributed by atoms with E-state index in [4.69, 9.17) is 12.2 Å². The average Bonchev–Trinajstić information content (AvgIpc) is 2.91. The number of hydrazine groups is 1. The van der Waals surface area contributed by atoms with Gasteiger partial charge in [0.1, 0.15) is 6.04 Å². The van der Waals surface area contributed by atoms with Crippen LogP contribution in [0.5, 0.6) is 0 Å². The summed E-state index contributed by atoms with van der Waals surface area (Å²) in [5.74, 6) is -0.688. The summed E-state index contributed by atoms with van der Waals surface area (Å²) in [6.45, 7) is 6.51. The molecule has 196 valence electrons. The van der Waals surface area contributed by atoms with Gasteiger partial charge in [-0.1, -0.05) is 68.1 Å². The second-order valence-electron chi connectivity index (χ2n) is 8.24. The first-order valence-corrected chi connectivity index (χ1v) is 12.5. The van der Waals surface area contributed by atoms with Crippen molar-refractivity contribution in [2.45, 2.75) is 25.8 Å². The van der Waals surface area contributed by atoms with Gasteiger partial charge < -0.3 is 16.0 Å². The van der Waals surface area contributed by atoms with E-state index >= 15 is 0 Å². The van der Waals surface area contributed by atoms with E-state index in [1.165, 1.54) is 12.3 Å². The Balaban J connectivity index is 1.98. The molecule has 2 aromatic rings. The highest BCUT2D eigenvalue weighted by molar-refractivity contribution is 7.80. The standard InChI is InChI=1S/C28H36N6O2S/c1-5-17-29-21-23(6-2)26(35)32-25(20-22-13-9-7-10-14-22)27(36)30-18-19-33(3)34(4)28(37)31-24-15-11-8-12-16-24/h6-17,21,25H,2,5,18-20H2,1,3-4H3,(H,30,36)(H,31,37)(H,32,35)/b23-21+,29-17?. The third-order valence-electron chi connectivity index (χ3n) is 5.45. The Morgan fingerprint density at radius 3 is 2.35 bits per heavy atom. The number of benzene rings is 2. The number of anilines is 1. The predicted molar refractivity (Wildman–Crippen MR) is 155 cm³/mol. The zero-order chi connectivity index (χ0) is 27.0. The first-order valence-electron chi connectivity index (χ1n) is 12.1. The van der Waals surface area contributed by atoms with Crippen LogP contribution in [0.4, 0.5) is 5.69 Å². The zero-order valence-electron chi connectivity index (χ0n) is 21.7. The molecule has 0 radical (unpaired) electrons. The third-order valence-corrected chi connectivity index (χ3v) is 5.82. The summed E-state index contributed by atoms with van der Waals surface area (Å²) >= 11 is 5.49. The molecule has 37 heavy (non-hydrogen) atoms. The van der Waals surface area contributed by atoms with Crippen molar-refractivity contribution in [1.82, 2.24) is 20.7 Å². The van der Waals surface area contributed by atoms with Crippen molar-refractivity contribution in [3.05, 3.63) is 90.7 Å². The average molecular weight is 521 g/mol. The fourth-order valence-electron chi connectivity index (χ4n) is 3.24. The second-order valence-corrected chi connectivity index (χ2v) is 8.62. The number of carbonyl (C=O) groups is 2. The van der Waals surface area contributed by atoms with Crippen LogP contribution in [0.25, 0.3) is 0 Å². The number of hydrogen-bond donors (Lipinski definition) is 3. The van der Waals surface area contributed by atoms with Gasteiger partial charge in [0.2, 0.25) is 5.91 Å². The van der Waals surface area contributed by atoms with Crippen LogP contribution >= 0.6 is 12.2 Å².